The number of H-pyrrole nitrogens is 1. The zero-order valence-electron chi connectivity index (χ0n) is 12.3. The highest BCUT2D eigenvalue weighted by atomic mass is 15.3. The number of aryl methyl sites for hydroxylation is 1. The van der Waals surface area contributed by atoms with Gasteiger partial charge in [0.05, 0.1) is 6.20 Å². The molecule has 0 spiro atoms. The van der Waals surface area contributed by atoms with E-state index in [0.717, 1.165) is 19.5 Å². The summed E-state index contributed by atoms with van der Waals surface area (Å²) in [7, 11) is 0. The summed E-state index contributed by atoms with van der Waals surface area (Å²) < 4.78 is 0. The van der Waals surface area contributed by atoms with E-state index >= 15 is 0 Å². The van der Waals surface area contributed by atoms with Crippen LogP contribution in [0, 0.1) is 6.92 Å². The van der Waals surface area contributed by atoms with Gasteiger partial charge in [-0.05, 0) is 44.4 Å². The summed E-state index contributed by atoms with van der Waals surface area (Å²) in [5.74, 6) is 0. The second-order valence-corrected chi connectivity index (χ2v) is 4.26. The van der Waals surface area contributed by atoms with Gasteiger partial charge in [-0.25, -0.2) is 0 Å². The molecule has 4 heteroatoms. The first-order chi connectivity index (χ1) is 9.24. The van der Waals surface area contributed by atoms with Crippen molar-refractivity contribution in [2.45, 2.75) is 34.1 Å². The lowest BCUT2D eigenvalue weighted by atomic mass is 10.0. The van der Waals surface area contributed by atoms with E-state index in [-0.39, 0.29) is 0 Å². The monoisotopic (exact) mass is 260 g/mol. The van der Waals surface area contributed by atoms with Crippen molar-refractivity contribution in [2.75, 3.05) is 18.0 Å². The van der Waals surface area contributed by atoms with E-state index < -0.39 is 0 Å². The number of aromatic amines is 1. The Morgan fingerprint density at radius 3 is 2.32 bits per heavy atom. The van der Waals surface area contributed by atoms with Crippen molar-refractivity contribution in [2.24, 2.45) is 0 Å². The Hall–Kier alpha value is -1.84. The van der Waals surface area contributed by atoms with Crippen molar-refractivity contribution in [3.05, 3.63) is 41.7 Å². The second kappa shape index (κ2) is 8.29. The highest BCUT2D eigenvalue weighted by molar-refractivity contribution is 5.56. The average molecular weight is 260 g/mol. The topological polar surface area (TPSA) is 44.8 Å². The zero-order chi connectivity index (χ0) is 14.1. The van der Waals surface area contributed by atoms with Crippen molar-refractivity contribution in [3.8, 4) is 0 Å². The smallest absolute Gasteiger partial charge is 0.0690 e. The Kier molecular flexibility index (Phi) is 6.64. The summed E-state index contributed by atoms with van der Waals surface area (Å²) in [6, 6.07) is 6.59. The number of nitrogens with one attached hydrogen (secondary N) is 1. The van der Waals surface area contributed by atoms with Crippen molar-refractivity contribution in [1.29, 1.82) is 0 Å². The average Bonchev–Trinajstić information content (AvgIpc) is 2.99. The number of benzene rings is 1. The molecule has 2 rings (SSSR count). The van der Waals surface area contributed by atoms with Crippen LogP contribution in [0.3, 0.4) is 0 Å². The third kappa shape index (κ3) is 4.39. The van der Waals surface area contributed by atoms with Crippen LogP contribution in [0.5, 0.6) is 0 Å². The second-order valence-electron chi connectivity index (χ2n) is 4.26. The largest absolute Gasteiger partial charge is 0.372 e. The molecule has 0 aliphatic carbocycles. The first-order valence-electron chi connectivity index (χ1n) is 6.88. The molecule has 104 valence electrons. The van der Waals surface area contributed by atoms with E-state index in [0.29, 0.717) is 0 Å². The van der Waals surface area contributed by atoms with E-state index in [2.05, 4.69) is 66.2 Å². The molecular weight excluding hydrogens is 236 g/mol. The molecule has 1 aromatic heterocycles. The van der Waals surface area contributed by atoms with E-state index in [1.54, 1.807) is 12.4 Å². The normalized spacial score (nSPS) is 9.68. The maximum atomic E-state index is 3.42. The van der Waals surface area contributed by atoms with E-state index in [1.165, 1.54) is 16.8 Å². The van der Waals surface area contributed by atoms with Crippen LogP contribution in [0.2, 0.25) is 0 Å². The Morgan fingerprint density at radius 2 is 1.89 bits per heavy atom. The molecule has 0 fully saturated rings. The highest BCUT2D eigenvalue weighted by Crippen LogP contribution is 2.23. The van der Waals surface area contributed by atoms with Gasteiger partial charge in [0.2, 0.25) is 0 Å². The lowest BCUT2D eigenvalue weighted by Crippen LogP contribution is -2.23. The molecule has 0 saturated heterocycles. The number of hydrogen-bond donors (Lipinski definition) is 1. The predicted molar refractivity (Wildman–Crippen MR) is 80.5 cm³/mol. The number of nitrogens with zero attached hydrogens (tertiary/aromatic N) is 3. The number of anilines is 1. The van der Waals surface area contributed by atoms with Crippen LogP contribution >= 0.6 is 0 Å². The maximum absolute atomic E-state index is 3.42. The van der Waals surface area contributed by atoms with Crippen LogP contribution in [0.1, 0.15) is 31.9 Å². The quantitative estimate of drug-likeness (QED) is 0.918. The predicted octanol–water partition coefficient (Wildman–Crippen LogP) is 3.21. The minimum absolute atomic E-state index is 1.09. The van der Waals surface area contributed by atoms with Gasteiger partial charge in [0.1, 0.15) is 0 Å². The van der Waals surface area contributed by atoms with Gasteiger partial charge in [-0.3, -0.25) is 5.10 Å². The highest BCUT2D eigenvalue weighted by Gasteiger charge is 2.07. The molecule has 0 amide bonds. The Morgan fingerprint density at radius 1 is 1.16 bits per heavy atom. The summed E-state index contributed by atoms with van der Waals surface area (Å²) in [4.78, 5) is 2.42. The van der Waals surface area contributed by atoms with Gasteiger partial charge in [-0.1, -0.05) is 24.3 Å². The summed E-state index contributed by atoms with van der Waals surface area (Å²) in [6.45, 7) is 11.0. The maximum Gasteiger partial charge on any atom is 0.0690 e. The number of aromatic nitrogens is 3. The van der Waals surface area contributed by atoms with Crippen LogP contribution in [0.4, 0.5) is 5.69 Å². The summed E-state index contributed by atoms with van der Waals surface area (Å²) in [5.41, 5.74) is 4.32. The van der Waals surface area contributed by atoms with Gasteiger partial charge in [0, 0.05) is 25.0 Å². The molecule has 1 heterocycles. The summed E-state index contributed by atoms with van der Waals surface area (Å²) >= 11 is 0. The molecule has 4 nitrogen and oxygen atoms in total. The van der Waals surface area contributed by atoms with Crippen LogP contribution in [-0.2, 0) is 6.42 Å². The van der Waals surface area contributed by atoms with Crippen LogP contribution in [0.25, 0.3) is 0 Å². The molecule has 0 aliphatic heterocycles. The molecule has 0 bridgehead atoms. The number of rotatable bonds is 4. The number of hydrogen-bond acceptors (Lipinski definition) is 3. The van der Waals surface area contributed by atoms with Gasteiger partial charge >= 0.3 is 0 Å². The summed E-state index contributed by atoms with van der Waals surface area (Å²) in [5, 5.41) is 9.26. The molecular formula is C15H24N4. The molecule has 1 aromatic carbocycles. The minimum Gasteiger partial charge on any atom is -0.372 e. The Balaban J connectivity index is 0.000000300. The molecule has 0 aliphatic rings. The first kappa shape index (κ1) is 15.2. The Labute approximate surface area is 115 Å². The lowest BCUT2D eigenvalue weighted by molar-refractivity contribution is 0.854. The fourth-order valence-corrected chi connectivity index (χ4v) is 2.17. The van der Waals surface area contributed by atoms with Crippen LogP contribution in [0.15, 0.2) is 30.6 Å². The molecule has 1 N–H and O–H groups in total. The standard InChI is InChI=1S/C13H21N.C2H3N3/c1-5-12-11(4)9-8-10-13(12)14(6-2)7-3;1-2-4-5-3-1/h8-10H,5-7H2,1-4H3;1-2H,(H,3,4,5). The summed E-state index contributed by atoms with van der Waals surface area (Å²) in [6.07, 6.45) is 4.36. The molecule has 0 radical (unpaired) electrons. The zero-order valence-corrected chi connectivity index (χ0v) is 12.3. The molecule has 0 saturated carbocycles. The fourth-order valence-electron chi connectivity index (χ4n) is 2.17. The third-order valence-electron chi connectivity index (χ3n) is 3.17. The van der Waals surface area contributed by atoms with Gasteiger partial charge in [0.15, 0.2) is 0 Å². The molecule has 0 unspecified atom stereocenters. The SMILES string of the molecule is CCc1c(C)cccc1N(CC)CC.c1c[nH]nn1. The van der Waals surface area contributed by atoms with Crippen LogP contribution < -0.4 is 4.90 Å². The van der Waals surface area contributed by atoms with Crippen molar-refractivity contribution >= 4 is 5.69 Å². The van der Waals surface area contributed by atoms with Crippen molar-refractivity contribution in [3.63, 3.8) is 0 Å². The minimum atomic E-state index is 1.09. The van der Waals surface area contributed by atoms with Gasteiger partial charge < -0.3 is 4.90 Å². The van der Waals surface area contributed by atoms with Gasteiger partial charge in [0.25, 0.3) is 0 Å². The van der Waals surface area contributed by atoms with Crippen molar-refractivity contribution in [1.82, 2.24) is 15.4 Å². The fraction of sp³-hybridized carbons (Fsp3) is 0.467. The van der Waals surface area contributed by atoms with Crippen LogP contribution in [-0.4, -0.2) is 28.5 Å². The molecule has 2 aromatic rings. The van der Waals surface area contributed by atoms with E-state index in [4.69, 9.17) is 0 Å². The molecule has 0 atom stereocenters. The lowest BCUT2D eigenvalue weighted by Gasteiger charge is -2.24. The third-order valence-corrected chi connectivity index (χ3v) is 3.17. The molecule has 19 heavy (non-hydrogen) atoms. The first-order valence-corrected chi connectivity index (χ1v) is 6.88. The van der Waals surface area contributed by atoms with E-state index in [1.807, 2.05) is 0 Å². The van der Waals surface area contributed by atoms with E-state index in [9.17, 15) is 0 Å². The van der Waals surface area contributed by atoms with Crippen molar-refractivity contribution < 1.29 is 0 Å². The Bertz CT molecular complexity index is 430. The van der Waals surface area contributed by atoms with Gasteiger partial charge in [-0.2, -0.15) is 0 Å². The van der Waals surface area contributed by atoms with Gasteiger partial charge in [-0.15, -0.1) is 5.10 Å².